The van der Waals surface area contributed by atoms with Crippen molar-refractivity contribution < 1.29 is 4.79 Å². The molecular formula is C16H19N11O. The smallest absolute Gasteiger partial charge is 0.269 e. The molecule has 1 amide bonds. The maximum absolute atomic E-state index is 12.1. The Bertz CT molecular complexity index is 1140. The molecule has 0 bridgehead atoms. The van der Waals surface area contributed by atoms with Crippen LogP contribution in [0.25, 0.3) is 33.9 Å². The van der Waals surface area contributed by atoms with Crippen LogP contribution in [0.3, 0.4) is 0 Å². The monoisotopic (exact) mass is 381 g/mol. The molecule has 0 aromatic carbocycles. The van der Waals surface area contributed by atoms with Crippen LogP contribution < -0.4 is 16.9 Å². The van der Waals surface area contributed by atoms with Gasteiger partial charge in [-0.25, -0.2) is 9.97 Å². The van der Waals surface area contributed by atoms with Crippen molar-refractivity contribution in [2.24, 2.45) is 5.73 Å². The largest absolute Gasteiger partial charge is 0.354 e. The quantitative estimate of drug-likeness (QED) is 0.324. The van der Waals surface area contributed by atoms with Crippen LogP contribution in [0.4, 0.5) is 0 Å². The van der Waals surface area contributed by atoms with E-state index in [1.165, 1.54) is 7.05 Å². The number of hydrogen-bond acceptors (Lipinski definition) is 8. The number of rotatable bonds is 6. The normalized spacial score (nSPS) is 11.2. The van der Waals surface area contributed by atoms with Gasteiger partial charge in [0.25, 0.3) is 5.91 Å². The molecule has 0 atom stereocenters. The highest BCUT2D eigenvalue weighted by Crippen LogP contribution is 2.26. The number of H-pyrrole nitrogens is 1. The molecule has 4 aromatic rings. The molecule has 12 nitrogen and oxygen atoms in total. The molecule has 4 rings (SSSR count). The molecule has 0 aliphatic heterocycles. The number of nitrogens with zero attached hydrogens (tertiary/aromatic N) is 7. The summed E-state index contributed by atoms with van der Waals surface area (Å²) in [5.41, 5.74) is 7.55. The Morgan fingerprint density at radius 3 is 3.00 bits per heavy atom. The molecule has 6 N–H and O–H groups in total. The van der Waals surface area contributed by atoms with Crippen LogP contribution in [0.1, 0.15) is 16.9 Å². The van der Waals surface area contributed by atoms with Crippen molar-refractivity contribution in [1.29, 1.82) is 0 Å². The zero-order valence-corrected chi connectivity index (χ0v) is 15.1. The second kappa shape index (κ2) is 7.08. The lowest BCUT2D eigenvalue weighted by Gasteiger charge is -2.04. The minimum Gasteiger partial charge on any atom is -0.354 e. The maximum atomic E-state index is 12.1. The van der Waals surface area contributed by atoms with E-state index in [0.29, 0.717) is 47.0 Å². The zero-order valence-electron chi connectivity index (χ0n) is 15.1. The zero-order chi connectivity index (χ0) is 19.7. The number of hydrogen-bond donors (Lipinski definition) is 4. The van der Waals surface area contributed by atoms with Crippen LogP contribution >= 0.6 is 0 Å². The lowest BCUT2D eigenvalue weighted by Crippen LogP contribution is -2.20. The summed E-state index contributed by atoms with van der Waals surface area (Å²) in [6.45, 7) is 1.20. The predicted octanol–water partition coefficient (Wildman–Crippen LogP) is -0.498. The highest BCUT2D eigenvalue weighted by Gasteiger charge is 2.21. The second-order valence-corrected chi connectivity index (χ2v) is 6.05. The van der Waals surface area contributed by atoms with E-state index in [0.717, 1.165) is 11.2 Å². The summed E-state index contributed by atoms with van der Waals surface area (Å²) in [6.07, 6.45) is 4.04. The standard InChI is InChI=1S/C16H19N11O/c1-19-16(28)11-7-10-9(8-20-24-10)13(22-11)15-23-14(25-27(15)18)12-3-5-21-26(12)6-2-4-17/h3,5,7-8H,2,4,6,17-18H2,1H3,(H,19,28)(H,20,24). The molecule has 144 valence electrons. The van der Waals surface area contributed by atoms with Crippen molar-refractivity contribution in [2.75, 3.05) is 19.4 Å². The minimum atomic E-state index is -0.332. The van der Waals surface area contributed by atoms with Gasteiger partial charge in [-0.15, -0.1) is 5.10 Å². The van der Waals surface area contributed by atoms with Crippen molar-refractivity contribution in [1.82, 2.24) is 45.2 Å². The Morgan fingerprint density at radius 1 is 1.36 bits per heavy atom. The third-order valence-corrected chi connectivity index (χ3v) is 4.26. The van der Waals surface area contributed by atoms with Gasteiger partial charge in [0.15, 0.2) is 5.82 Å². The van der Waals surface area contributed by atoms with E-state index in [1.807, 2.05) is 0 Å². The molecule has 0 aliphatic carbocycles. The van der Waals surface area contributed by atoms with Crippen molar-refractivity contribution in [3.8, 4) is 23.0 Å². The van der Waals surface area contributed by atoms with Gasteiger partial charge in [-0.3, -0.25) is 14.6 Å². The van der Waals surface area contributed by atoms with Gasteiger partial charge in [-0.05, 0) is 25.1 Å². The van der Waals surface area contributed by atoms with Gasteiger partial charge in [0.1, 0.15) is 17.1 Å². The van der Waals surface area contributed by atoms with Crippen LogP contribution in [0.15, 0.2) is 24.5 Å². The first-order valence-corrected chi connectivity index (χ1v) is 8.63. The van der Waals surface area contributed by atoms with Crippen molar-refractivity contribution >= 4 is 16.8 Å². The number of aromatic nitrogens is 8. The van der Waals surface area contributed by atoms with Gasteiger partial charge in [-0.1, -0.05) is 0 Å². The Kier molecular flexibility index (Phi) is 4.45. The number of fused-ring (bicyclic) bond motifs is 1. The van der Waals surface area contributed by atoms with Gasteiger partial charge < -0.3 is 16.9 Å². The van der Waals surface area contributed by atoms with Crippen LogP contribution in [0.2, 0.25) is 0 Å². The van der Waals surface area contributed by atoms with Crippen LogP contribution in [0.5, 0.6) is 0 Å². The average molecular weight is 381 g/mol. The molecule has 0 fully saturated rings. The highest BCUT2D eigenvalue weighted by molar-refractivity contribution is 5.99. The van der Waals surface area contributed by atoms with Gasteiger partial charge in [0.05, 0.1) is 11.7 Å². The summed E-state index contributed by atoms with van der Waals surface area (Å²) in [5.74, 6) is 6.44. The molecule has 0 saturated heterocycles. The Balaban J connectivity index is 1.82. The predicted molar refractivity (Wildman–Crippen MR) is 101 cm³/mol. The van der Waals surface area contributed by atoms with Crippen molar-refractivity contribution in [3.05, 3.63) is 30.2 Å². The van der Waals surface area contributed by atoms with E-state index >= 15 is 0 Å². The Labute approximate surface area is 158 Å². The van der Waals surface area contributed by atoms with E-state index in [4.69, 9.17) is 11.6 Å². The number of nitrogens with two attached hydrogens (primary N) is 2. The molecule has 0 spiro atoms. The lowest BCUT2D eigenvalue weighted by atomic mass is 10.2. The molecule has 4 aromatic heterocycles. The van der Waals surface area contributed by atoms with Gasteiger partial charge >= 0.3 is 0 Å². The lowest BCUT2D eigenvalue weighted by molar-refractivity contribution is 0.0958. The maximum Gasteiger partial charge on any atom is 0.269 e. The van der Waals surface area contributed by atoms with Crippen molar-refractivity contribution in [3.63, 3.8) is 0 Å². The van der Waals surface area contributed by atoms with Crippen molar-refractivity contribution in [2.45, 2.75) is 13.0 Å². The topological polar surface area (TPSA) is 171 Å². The Morgan fingerprint density at radius 2 is 2.21 bits per heavy atom. The fraction of sp³-hybridized carbons (Fsp3) is 0.250. The van der Waals surface area contributed by atoms with Gasteiger partial charge in [0, 0.05) is 25.2 Å². The summed E-state index contributed by atoms with van der Waals surface area (Å²) >= 11 is 0. The van der Waals surface area contributed by atoms with Gasteiger partial charge in [0.2, 0.25) is 5.82 Å². The molecule has 0 aliphatic rings. The van der Waals surface area contributed by atoms with E-state index in [1.54, 1.807) is 29.2 Å². The first-order chi connectivity index (χ1) is 13.6. The number of pyridine rings is 1. The number of nitrogens with one attached hydrogen (secondary N) is 2. The molecule has 4 heterocycles. The van der Waals surface area contributed by atoms with E-state index in [2.05, 4.69) is 35.7 Å². The molecule has 0 unspecified atom stereocenters. The third-order valence-electron chi connectivity index (χ3n) is 4.26. The summed E-state index contributed by atoms with van der Waals surface area (Å²) in [7, 11) is 1.53. The molecule has 0 radical (unpaired) electrons. The first-order valence-electron chi connectivity index (χ1n) is 8.63. The number of carbonyl (C=O) groups excluding carboxylic acids is 1. The van der Waals surface area contributed by atoms with E-state index in [9.17, 15) is 4.79 Å². The molecule has 28 heavy (non-hydrogen) atoms. The fourth-order valence-corrected chi connectivity index (χ4v) is 2.89. The minimum absolute atomic E-state index is 0.215. The van der Waals surface area contributed by atoms with Crippen LogP contribution in [0, 0.1) is 0 Å². The van der Waals surface area contributed by atoms with Gasteiger partial charge in [-0.2, -0.15) is 15.0 Å². The average Bonchev–Trinajstić information content (AvgIpc) is 3.43. The SMILES string of the molecule is CNC(=O)c1cc2[nH]ncc2c(-c2nc(-c3ccnn3CCCN)nn2N)n1. The fourth-order valence-electron chi connectivity index (χ4n) is 2.89. The Hall–Kier alpha value is -3.80. The second-order valence-electron chi connectivity index (χ2n) is 6.05. The van der Waals surface area contributed by atoms with E-state index < -0.39 is 0 Å². The number of carbonyl (C=O) groups is 1. The number of aryl methyl sites for hydroxylation is 1. The summed E-state index contributed by atoms with van der Waals surface area (Å²) in [6, 6.07) is 3.42. The number of nitrogen functional groups attached to an aromatic ring is 1. The summed E-state index contributed by atoms with van der Waals surface area (Å²) in [5, 5.41) is 18.7. The molecule has 0 saturated carbocycles. The first kappa shape index (κ1) is 17.6. The van der Waals surface area contributed by atoms with Crippen LogP contribution in [-0.4, -0.2) is 59.3 Å². The van der Waals surface area contributed by atoms with Crippen LogP contribution in [-0.2, 0) is 6.54 Å². The summed E-state index contributed by atoms with van der Waals surface area (Å²) < 4.78 is 1.77. The molecular weight excluding hydrogens is 362 g/mol. The summed E-state index contributed by atoms with van der Waals surface area (Å²) in [4.78, 5) is 22.2. The van der Waals surface area contributed by atoms with E-state index in [-0.39, 0.29) is 11.6 Å². The molecule has 12 heteroatoms. The third kappa shape index (κ3) is 2.95. The number of amides is 1. The number of aromatic amines is 1. The highest BCUT2D eigenvalue weighted by atomic mass is 16.1.